The number of carboxylic acids is 1. The van der Waals surface area contributed by atoms with Crippen molar-refractivity contribution in [1.29, 1.82) is 0 Å². The zero-order chi connectivity index (χ0) is 17.9. The first kappa shape index (κ1) is 17.8. The molecule has 0 fully saturated rings. The Kier molecular flexibility index (Phi) is 5.14. The molecule has 1 N–H and O–H groups in total. The largest absolute Gasteiger partial charge is 0.478 e. The highest BCUT2D eigenvalue weighted by Crippen LogP contribution is 2.18. The zero-order valence-corrected chi connectivity index (χ0v) is 14.4. The lowest BCUT2D eigenvalue weighted by Gasteiger charge is -2.08. The molecule has 6 nitrogen and oxygen atoms in total. The summed E-state index contributed by atoms with van der Waals surface area (Å²) in [4.78, 5) is 19.8. The second kappa shape index (κ2) is 6.92. The minimum atomic E-state index is -3.22. The average Bonchev–Trinajstić information content (AvgIpc) is 2.52. The number of aromatic nitrogens is 2. The van der Waals surface area contributed by atoms with Crippen LogP contribution in [0.15, 0.2) is 35.4 Å². The van der Waals surface area contributed by atoms with Crippen LogP contribution in [0.2, 0.25) is 0 Å². The van der Waals surface area contributed by atoms with Gasteiger partial charge in [0.1, 0.15) is 0 Å². The standard InChI is InChI=1S/C17H18N2O4S/c1-11(2)16-14(17(20)21)10-18-15(19-16)9-6-12-4-7-13(8-5-12)24(3,22)23/h4-11H,1-3H3,(H,20,21)/b9-6+. The van der Waals surface area contributed by atoms with E-state index >= 15 is 0 Å². The van der Waals surface area contributed by atoms with Crippen molar-refractivity contribution in [3.8, 4) is 0 Å². The van der Waals surface area contributed by atoms with E-state index < -0.39 is 15.8 Å². The summed E-state index contributed by atoms with van der Waals surface area (Å²) in [6.07, 6.45) is 5.86. The number of carboxylic acid groups (broad SMARTS) is 1. The number of benzene rings is 1. The topological polar surface area (TPSA) is 97.2 Å². The predicted molar refractivity (Wildman–Crippen MR) is 91.6 cm³/mol. The van der Waals surface area contributed by atoms with Crippen LogP contribution in [0.4, 0.5) is 0 Å². The average molecular weight is 346 g/mol. The lowest BCUT2D eigenvalue weighted by molar-refractivity contribution is 0.0694. The molecule has 0 saturated heterocycles. The Hall–Kier alpha value is -2.54. The number of hydrogen-bond donors (Lipinski definition) is 1. The van der Waals surface area contributed by atoms with Gasteiger partial charge in [-0.05, 0) is 29.7 Å². The first-order valence-electron chi connectivity index (χ1n) is 7.27. The van der Waals surface area contributed by atoms with Crippen LogP contribution in [0, 0.1) is 0 Å². The number of rotatable bonds is 5. The molecule has 0 bridgehead atoms. The van der Waals surface area contributed by atoms with E-state index in [0.717, 1.165) is 11.8 Å². The van der Waals surface area contributed by atoms with Crippen molar-refractivity contribution in [3.05, 3.63) is 53.1 Å². The summed E-state index contributed by atoms with van der Waals surface area (Å²) in [6.45, 7) is 3.73. The quantitative estimate of drug-likeness (QED) is 0.894. The van der Waals surface area contributed by atoms with Gasteiger partial charge in [-0.25, -0.2) is 23.2 Å². The second-order valence-electron chi connectivity index (χ2n) is 5.66. The van der Waals surface area contributed by atoms with E-state index in [1.807, 2.05) is 13.8 Å². The van der Waals surface area contributed by atoms with Gasteiger partial charge in [0.05, 0.1) is 16.2 Å². The molecule has 0 spiro atoms. The van der Waals surface area contributed by atoms with Crippen LogP contribution in [0.1, 0.15) is 47.2 Å². The Labute approximate surface area is 140 Å². The molecule has 0 aliphatic carbocycles. The van der Waals surface area contributed by atoms with E-state index in [4.69, 9.17) is 5.11 Å². The summed E-state index contributed by atoms with van der Waals surface area (Å²) in [5.74, 6) is -0.693. The van der Waals surface area contributed by atoms with E-state index in [-0.39, 0.29) is 16.4 Å². The van der Waals surface area contributed by atoms with Gasteiger partial charge < -0.3 is 5.11 Å². The Morgan fingerprint density at radius 3 is 2.29 bits per heavy atom. The fourth-order valence-corrected chi connectivity index (χ4v) is 2.72. The lowest BCUT2D eigenvalue weighted by Crippen LogP contribution is -2.08. The van der Waals surface area contributed by atoms with E-state index in [9.17, 15) is 13.2 Å². The van der Waals surface area contributed by atoms with E-state index in [1.54, 1.807) is 24.3 Å². The molecule has 126 valence electrons. The monoisotopic (exact) mass is 346 g/mol. The van der Waals surface area contributed by atoms with Gasteiger partial charge in [0.2, 0.25) is 0 Å². The fourth-order valence-electron chi connectivity index (χ4n) is 2.09. The van der Waals surface area contributed by atoms with E-state index in [0.29, 0.717) is 11.5 Å². The molecule has 0 unspecified atom stereocenters. The third-order valence-electron chi connectivity index (χ3n) is 3.35. The van der Waals surface area contributed by atoms with Gasteiger partial charge in [-0.15, -0.1) is 0 Å². The number of aromatic carboxylic acids is 1. The van der Waals surface area contributed by atoms with Crippen molar-refractivity contribution >= 4 is 28.0 Å². The summed E-state index contributed by atoms with van der Waals surface area (Å²) in [5.41, 5.74) is 1.36. The minimum Gasteiger partial charge on any atom is -0.478 e. The van der Waals surface area contributed by atoms with Crippen LogP contribution in [0.5, 0.6) is 0 Å². The summed E-state index contributed by atoms with van der Waals surface area (Å²) in [5, 5.41) is 9.16. The van der Waals surface area contributed by atoms with Crippen molar-refractivity contribution in [2.24, 2.45) is 0 Å². The highest BCUT2D eigenvalue weighted by atomic mass is 32.2. The van der Waals surface area contributed by atoms with E-state index in [1.165, 1.54) is 18.3 Å². The number of nitrogens with zero attached hydrogens (tertiary/aromatic N) is 2. The third kappa shape index (κ3) is 4.26. The second-order valence-corrected chi connectivity index (χ2v) is 7.68. The van der Waals surface area contributed by atoms with Crippen molar-refractivity contribution in [2.75, 3.05) is 6.26 Å². The van der Waals surface area contributed by atoms with Crippen molar-refractivity contribution < 1.29 is 18.3 Å². The molecule has 7 heteroatoms. The molecule has 1 aromatic carbocycles. The number of sulfone groups is 1. The van der Waals surface area contributed by atoms with Crippen molar-refractivity contribution in [2.45, 2.75) is 24.7 Å². The molecular weight excluding hydrogens is 328 g/mol. The van der Waals surface area contributed by atoms with Gasteiger partial charge in [0, 0.05) is 12.5 Å². The Morgan fingerprint density at radius 2 is 1.79 bits per heavy atom. The predicted octanol–water partition coefficient (Wildman–Crippen LogP) is 2.87. The molecule has 0 amide bonds. The SMILES string of the molecule is CC(C)c1nc(/C=C/c2ccc(S(C)(=O)=O)cc2)ncc1C(=O)O. The molecule has 0 saturated carbocycles. The Bertz CT molecular complexity index is 885. The summed E-state index contributed by atoms with van der Waals surface area (Å²) in [7, 11) is -3.22. The highest BCUT2D eigenvalue weighted by molar-refractivity contribution is 7.90. The van der Waals surface area contributed by atoms with Crippen LogP contribution in [-0.2, 0) is 9.84 Å². The first-order chi connectivity index (χ1) is 11.2. The highest BCUT2D eigenvalue weighted by Gasteiger charge is 2.15. The molecule has 0 aliphatic rings. The maximum atomic E-state index is 11.4. The molecule has 0 radical (unpaired) electrons. The number of carbonyl (C=O) groups is 1. The Balaban J connectivity index is 2.29. The van der Waals surface area contributed by atoms with Crippen LogP contribution >= 0.6 is 0 Å². The Morgan fingerprint density at radius 1 is 1.17 bits per heavy atom. The zero-order valence-electron chi connectivity index (χ0n) is 13.6. The maximum Gasteiger partial charge on any atom is 0.339 e. The molecule has 1 aromatic heterocycles. The van der Waals surface area contributed by atoms with Crippen molar-refractivity contribution in [1.82, 2.24) is 9.97 Å². The molecule has 0 atom stereocenters. The van der Waals surface area contributed by atoms with E-state index in [2.05, 4.69) is 9.97 Å². The fraction of sp³-hybridized carbons (Fsp3) is 0.235. The van der Waals surface area contributed by atoms with Gasteiger partial charge in [-0.1, -0.05) is 32.1 Å². The van der Waals surface area contributed by atoms with Gasteiger partial charge in [-0.3, -0.25) is 0 Å². The van der Waals surface area contributed by atoms with Gasteiger partial charge >= 0.3 is 5.97 Å². The molecule has 1 heterocycles. The summed E-state index contributed by atoms with van der Waals surface area (Å²) >= 11 is 0. The molecule has 24 heavy (non-hydrogen) atoms. The van der Waals surface area contributed by atoms with Crippen molar-refractivity contribution in [3.63, 3.8) is 0 Å². The van der Waals surface area contributed by atoms with Crippen LogP contribution in [0.3, 0.4) is 0 Å². The lowest BCUT2D eigenvalue weighted by atomic mass is 10.1. The first-order valence-corrected chi connectivity index (χ1v) is 9.16. The number of hydrogen-bond acceptors (Lipinski definition) is 5. The smallest absolute Gasteiger partial charge is 0.339 e. The van der Waals surface area contributed by atoms with Crippen LogP contribution in [-0.4, -0.2) is 35.7 Å². The van der Waals surface area contributed by atoms with Gasteiger partial charge in [0.15, 0.2) is 15.7 Å². The summed E-state index contributed by atoms with van der Waals surface area (Å²) in [6, 6.07) is 6.43. The summed E-state index contributed by atoms with van der Waals surface area (Å²) < 4.78 is 22.9. The normalized spacial score (nSPS) is 12.0. The molecule has 2 aromatic rings. The van der Waals surface area contributed by atoms with Gasteiger partial charge in [-0.2, -0.15) is 0 Å². The molecule has 0 aliphatic heterocycles. The van der Waals surface area contributed by atoms with Gasteiger partial charge in [0.25, 0.3) is 0 Å². The molecular formula is C17H18N2O4S. The third-order valence-corrected chi connectivity index (χ3v) is 4.48. The maximum absolute atomic E-state index is 11.4. The van der Waals surface area contributed by atoms with Crippen LogP contribution < -0.4 is 0 Å². The minimum absolute atomic E-state index is 0.0414. The molecule has 2 rings (SSSR count). The van der Waals surface area contributed by atoms with Crippen LogP contribution in [0.25, 0.3) is 12.2 Å².